The third-order valence-corrected chi connectivity index (χ3v) is 7.42. The van der Waals surface area contributed by atoms with E-state index in [2.05, 4.69) is 12.2 Å². The molecule has 156 valence electrons. The molecule has 3 nitrogen and oxygen atoms in total. The molecule has 2 atom stereocenters. The molecule has 0 radical (unpaired) electrons. The Morgan fingerprint density at radius 3 is 2.66 bits per heavy atom. The van der Waals surface area contributed by atoms with Gasteiger partial charge in [-0.2, -0.15) is 5.26 Å². The molecule has 3 rings (SSSR count). The average Bonchev–Trinajstić information content (AvgIpc) is 2.74. The van der Waals surface area contributed by atoms with Gasteiger partial charge in [-0.15, -0.1) is 0 Å². The summed E-state index contributed by atoms with van der Waals surface area (Å²) in [4.78, 5) is 12.7. The molecular weight excluding hydrogens is 365 g/mol. The number of rotatable bonds is 6. The molecule has 1 aromatic rings. The Morgan fingerprint density at radius 1 is 1.28 bits per heavy atom. The second-order valence-electron chi connectivity index (χ2n) is 8.86. The lowest BCUT2D eigenvalue weighted by Gasteiger charge is -2.48. The van der Waals surface area contributed by atoms with Crippen molar-refractivity contribution in [2.75, 3.05) is 0 Å². The lowest BCUT2D eigenvalue weighted by Crippen LogP contribution is -2.47. The van der Waals surface area contributed by atoms with Gasteiger partial charge in [0.25, 0.3) is 0 Å². The molecule has 4 heteroatoms. The fraction of sp³-hybridized carbons (Fsp3) is 0.600. The summed E-state index contributed by atoms with van der Waals surface area (Å²) in [5, 5.41) is 19.5. The number of carboxylic acid groups (broad SMARTS) is 1. The molecular formula is C25H32FNO2. The second-order valence-corrected chi connectivity index (χ2v) is 8.86. The quantitative estimate of drug-likeness (QED) is 0.551. The van der Waals surface area contributed by atoms with Crippen LogP contribution in [0.5, 0.6) is 0 Å². The van der Waals surface area contributed by atoms with Crippen LogP contribution in [0.3, 0.4) is 0 Å². The van der Waals surface area contributed by atoms with Crippen LogP contribution >= 0.6 is 0 Å². The van der Waals surface area contributed by atoms with Crippen molar-refractivity contribution < 1.29 is 14.3 Å². The van der Waals surface area contributed by atoms with E-state index in [1.165, 1.54) is 18.6 Å². The minimum atomic E-state index is -0.812. The zero-order valence-electron chi connectivity index (χ0n) is 17.4. The van der Waals surface area contributed by atoms with Gasteiger partial charge in [-0.1, -0.05) is 43.9 Å². The molecule has 29 heavy (non-hydrogen) atoms. The second kappa shape index (κ2) is 9.57. The average molecular weight is 398 g/mol. The highest BCUT2D eigenvalue weighted by Crippen LogP contribution is 2.56. The number of hydrogen-bond donors (Lipinski definition) is 1. The first kappa shape index (κ1) is 21.6. The Balaban J connectivity index is 1.84. The number of hydrogen-bond acceptors (Lipinski definition) is 2. The molecule has 1 N–H and O–H groups in total. The van der Waals surface area contributed by atoms with E-state index in [9.17, 15) is 14.3 Å². The third-order valence-electron chi connectivity index (χ3n) is 7.42. The Hall–Kier alpha value is -2.15. The van der Waals surface area contributed by atoms with E-state index >= 15 is 0 Å². The lowest BCUT2D eigenvalue weighted by atomic mass is 9.54. The summed E-state index contributed by atoms with van der Waals surface area (Å²) in [5.74, 6) is -0.614. The maximum atomic E-state index is 14.3. The zero-order valence-corrected chi connectivity index (χ0v) is 17.4. The summed E-state index contributed by atoms with van der Waals surface area (Å²) < 4.78 is 14.3. The fourth-order valence-corrected chi connectivity index (χ4v) is 5.88. The summed E-state index contributed by atoms with van der Waals surface area (Å²) >= 11 is 0. The number of halogens is 1. The van der Waals surface area contributed by atoms with E-state index in [1.54, 1.807) is 6.07 Å². The maximum absolute atomic E-state index is 14.3. The molecule has 0 bridgehead atoms. The molecule has 0 heterocycles. The normalized spacial score (nSPS) is 30.2. The van der Waals surface area contributed by atoms with Crippen LogP contribution < -0.4 is 0 Å². The summed E-state index contributed by atoms with van der Waals surface area (Å²) in [6.07, 6.45) is 14.0. The number of benzene rings is 1. The molecule has 0 aliphatic heterocycles. The number of carboxylic acids is 1. The standard InChI is InChI=1S/C25H32FNO2/c1-2-3-4-7-18-9-13-21(14-10-18)25(24(28)29)15-6-5-8-22(25)19-11-12-20(17-27)23(26)16-19/h2-3,11-12,16,18,21-22H,4-10,13-15H2,1H3,(H,28,29)/b3-2+/t18-,21-,22?,25-/m1/s1. The highest BCUT2D eigenvalue weighted by molar-refractivity contribution is 5.77. The maximum Gasteiger partial charge on any atom is 0.310 e. The largest absolute Gasteiger partial charge is 0.481 e. The molecule has 2 aliphatic rings. The first-order chi connectivity index (χ1) is 14.0. The van der Waals surface area contributed by atoms with Crippen molar-refractivity contribution in [1.82, 2.24) is 0 Å². The molecule has 1 unspecified atom stereocenters. The lowest BCUT2D eigenvalue weighted by molar-refractivity contribution is -0.159. The van der Waals surface area contributed by atoms with Gasteiger partial charge in [-0.3, -0.25) is 4.79 Å². The Labute approximate surface area is 173 Å². The minimum Gasteiger partial charge on any atom is -0.481 e. The molecule has 0 spiro atoms. The third kappa shape index (κ3) is 4.39. The molecule has 0 saturated heterocycles. The number of nitriles is 1. The number of nitrogens with zero attached hydrogens (tertiary/aromatic N) is 1. The van der Waals surface area contributed by atoms with Crippen molar-refractivity contribution in [2.24, 2.45) is 17.3 Å². The van der Waals surface area contributed by atoms with Crippen molar-refractivity contribution in [3.8, 4) is 6.07 Å². The molecule has 2 saturated carbocycles. The summed E-state index contributed by atoms with van der Waals surface area (Å²) in [6, 6.07) is 6.55. The summed E-state index contributed by atoms with van der Waals surface area (Å²) in [7, 11) is 0. The summed E-state index contributed by atoms with van der Waals surface area (Å²) in [5.41, 5.74) is -0.0430. The van der Waals surface area contributed by atoms with Gasteiger partial charge in [0.15, 0.2) is 0 Å². The molecule has 2 fully saturated rings. The van der Waals surface area contributed by atoms with Crippen LogP contribution in [0, 0.1) is 34.4 Å². The van der Waals surface area contributed by atoms with E-state index in [4.69, 9.17) is 5.26 Å². The van der Waals surface area contributed by atoms with Gasteiger partial charge < -0.3 is 5.11 Å². The van der Waals surface area contributed by atoms with Crippen molar-refractivity contribution in [2.45, 2.75) is 77.0 Å². The predicted octanol–water partition coefficient (Wildman–Crippen LogP) is 6.59. The Kier molecular flexibility index (Phi) is 7.11. The van der Waals surface area contributed by atoms with Crippen LogP contribution in [-0.2, 0) is 4.79 Å². The first-order valence-corrected chi connectivity index (χ1v) is 11.1. The SMILES string of the molecule is C/C=C/CC[C@H]1CC[C@H]([C@]2(C(=O)O)CCCCC2c2ccc(C#N)c(F)c2)CC1. The highest BCUT2D eigenvalue weighted by Gasteiger charge is 2.53. The molecule has 2 aliphatic carbocycles. The van der Waals surface area contributed by atoms with Crippen LogP contribution in [0.15, 0.2) is 30.4 Å². The van der Waals surface area contributed by atoms with Crippen molar-refractivity contribution in [3.63, 3.8) is 0 Å². The highest BCUT2D eigenvalue weighted by atomic mass is 19.1. The van der Waals surface area contributed by atoms with Gasteiger partial charge in [0.05, 0.1) is 11.0 Å². The van der Waals surface area contributed by atoms with Crippen molar-refractivity contribution in [1.29, 1.82) is 5.26 Å². The van der Waals surface area contributed by atoms with Crippen LogP contribution in [0.1, 0.15) is 88.2 Å². The smallest absolute Gasteiger partial charge is 0.310 e. The molecule has 0 amide bonds. The summed E-state index contributed by atoms with van der Waals surface area (Å²) in [6.45, 7) is 2.04. The van der Waals surface area contributed by atoms with Gasteiger partial charge in [-0.25, -0.2) is 4.39 Å². The van der Waals surface area contributed by atoms with Crippen molar-refractivity contribution in [3.05, 3.63) is 47.3 Å². The van der Waals surface area contributed by atoms with E-state index in [-0.39, 0.29) is 17.4 Å². The zero-order chi connectivity index (χ0) is 20.9. The van der Waals surface area contributed by atoms with Gasteiger partial charge >= 0.3 is 5.97 Å². The number of allylic oxidation sites excluding steroid dienone is 2. The topological polar surface area (TPSA) is 61.1 Å². The molecule has 0 aromatic heterocycles. The van der Waals surface area contributed by atoms with Crippen molar-refractivity contribution >= 4 is 5.97 Å². The monoisotopic (exact) mass is 397 g/mol. The van der Waals surface area contributed by atoms with Gasteiger partial charge in [0.1, 0.15) is 11.9 Å². The van der Waals surface area contributed by atoms with E-state index in [0.29, 0.717) is 12.3 Å². The number of aliphatic carboxylic acids is 1. The van der Waals surface area contributed by atoms with Crippen LogP contribution in [0.2, 0.25) is 0 Å². The number of carbonyl (C=O) groups is 1. The van der Waals surface area contributed by atoms with Gasteiger partial charge in [0, 0.05) is 5.92 Å². The fourth-order valence-electron chi connectivity index (χ4n) is 5.88. The van der Waals surface area contributed by atoms with Gasteiger partial charge in [0.2, 0.25) is 0 Å². The van der Waals surface area contributed by atoms with E-state index in [0.717, 1.165) is 56.9 Å². The predicted molar refractivity (Wildman–Crippen MR) is 112 cm³/mol. The van der Waals surface area contributed by atoms with Crippen LogP contribution in [0.4, 0.5) is 4.39 Å². The Morgan fingerprint density at radius 2 is 2.03 bits per heavy atom. The molecule has 1 aromatic carbocycles. The van der Waals surface area contributed by atoms with E-state index in [1.807, 2.05) is 13.0 Å². The van der Waals surface area contributed by atoms with Crippen LogP contribution in [0.25, 0.3) is 0 Å². The Bertz CT molecular complexity index is 789. The van der Waals surface area contributed by atoms with Crippen LogP contribution in [-0.4, -0.2) is 11.1 Å². The minimum absolute atomic E-state index is 0.0205. The van der Waals surface area contributed by atoms with E-state index < -0.39 is 17.2 Å². The van der Waals surface area contributed by atoms with Gasteiger partial charge in [-0.05, 0) is 75.0 Å². The first-order valence-electron chi connectivity index (χ1n) is 11.1.